The summed E-state index contributed by atoms with van der Waals surface area (Å²) in [6.45, 7) is 1.10. The number of guanidine groups is 1. The van der Waals surface area contributed by atoms with Gasteiger partial charge in [-0.25, -0.2) is 4.79 Å². The van der Waals surface area contributed by atoms with E-state index in [2.05, 4.69) is 5.32 Å². The van der Waals surface area contributed by atoms with E-state index in [9.17, 15) is 14.4 Å². The molecule has 0 bridgehead atoms. The van der Waals surface area contributed by atoms with E-state index in [1.807, 2.05) is 0 Å². The molecule has 1 aliphatic rings. The van der Waals surface area contributed by atoms with Gasteiger partial charge in [0.05, 0.1) is 6.04 Å². The number of nitrogens with one attached hydrogen (secondary N) is 2. The van der Waals surface area contributed by atoms with Crippen LogP contribution in [0, 0.1) is 5.41 Å². The maximum atomic E-state index is 12.1. The molecule has 0 aromatic heterocycles. The summed E-state index contributed by atoms with van der Waals surface area (Å²) in [6, 6.07) is -2.06. The van der Waals surface area contributed by atoms with Gasteiger partial charge in [0, 0.05) is 7.05 Å². The van der Waals surface area contributed by atoms with E-state index in [0.717, 1.165) is 4.90 Å². The van der Waals surface area contributed by atoms with Crippen molar-refractivity contribution in [1.82, 2.24) is 15.1 Å². The number of hydrogen-bond acceptors (Lipinski definition) is 4. The van der Waals surface area contributed by atoms with Crippen molar-refractivity contribution >= 4 is 36.3 Å². The topological polar surface area (TPSA) is 140 Å². The molecule has 0 saturated carbocycles. The normalized spacial score (nSPS) is 19.6. The molecule has 3 amide bonds. The number of carbonyl (C=O) groups is 3. The zero-order chi connectivity index (χ0) is 14.7. The Morgan fingerprint density at radius 3 is 2.50 bits per heavy atom. The van der Waals surface area contributed by atoms with Gasteiger partial charge in [0.25, 0.3) is 5.91 Å². The molecule has 5 N–H and O–H groups in total. The van der Waals surface area contributed by atoms with E-state index in [-0.39, 0.29) is 18.4 Å². The maximum absolute atomic E-state index is 12.1. The van der Waals surface area contributed by atoms with E-state index in [1.54, 1.807) is 6.92 Å². The summed E-state index contributed by atoms with van der Waals surface area (Å²) >= 11 is 0. The predicted molar refractivity (Wildman–Crippen MR) is 72.7 cm³/mol. The van der Waals surface area contributed by atoms with Crippen LogP contribution >= 0.6 is 12.4 Å². The van der Waals surface area contributed by atoms with Crippen LogP contribution in [0.4, 0.5) is 4.79 Å². The Kier molecular flexibility index (Phi) is 6.24. The summed E-state index contributed by atoms with van der Waals surface area (Å²) in [7, 11) is 1.41. The van der Waals surface area contributed by atoms with E-state index in [4.69, 9.17) is 16.2 Å². The smallest absolute Gasteiger partial charge is 0.327 e. The molecule has 0 radical (unpaired) electrons. The van der Waals surface area contributed by atoms with Gasteiger partial charge in [-0.1, -0.05) is 6.92 Å². The number of carboxylic acids is 1. The minimum absolute atomic E-state index is 0. The van der Waals surface area contributed by atoms with Crippen molar-refractivity contribution in [1.29, 1.82) is 5.41 Å². The summed E-state index contributed by atoms with van der Waals surface area (Å²) in [5, 5.41) is 18.5. The molecule has 0 aromatic rings. The average molecular weight is 308 g/mol. The molecule has 0 aromatic carbocycles. The van der Waals surface area contributed by atoms with Crippen molar-refractivity contribution in [2.75, 3.05) is 13.6 Å². The third-order valence-electron chi connectivity index (χ3n) is 2.92. The molecule has 1 rings (SSSR count). The van der Waals surface area contributed by atoms with Crippen LogP contribution in [-0.4, -0.2) is 64.4 Å². The zero-order valence-corrected chi connectivity index (χ0v) is 11.9. The molecule has 0 spiro atoms. The average Bonchev–Trinajstić information content (AvgIpc) is 2.50. The molecule has 9 nitrogen and oxygen atoms in total. The minimum atomic E-state index is -1.26. The van der Waals surface area contributed by atoms with Crippen LogP contribution in [0.15, 0.2) is 0 Å². The molecule has 114 valence electrons. The Labute approximate surface area is 122 Å². The highest BCUT2D eigenvalue weighted by Crippen LogP contribution is 2.19. The van der Waals surface area contributed by atoms with Crippen LogP contribution < -0.4 is 11.1 Å². The van der Waals surface area contributed by atoms with Gasteiger partial charge in [-0.15, -0.1) is 12.4 Å². The quantitative estimate of drug-likeness (QED) is 0.292. The van der Waals surface area contributed by atoms with Gasteiger partial charge in [0.1, 0.15) is 12.6 Å². The van der Waals surface area contributed by atoms with E-state index < -0.39 is 36.5 Å². The molecule has 2 atom stereocenters. The first-order chi connectivity index (χ1) is 8.79. The highest BCUT2D eigenvalue weighted by molar-refractivity contribution is 6.06. The second kappa shape index (κ2) is 6.94. The number of nitrogens with two attached hydrogens (primary N) is 1. The molecule has 10 heteroatoms. The Morgan fingerprint density at radius 2 is 2.10 bits per heavy atom. The van der Waals surface area contributed by atoms with Gasteiger partial charge in [-0.3, -0.25) is 19.9 Å². The number of rotatable bonds is 5. The van der Waals surface area contributed by atoms with Gasteiger partial charge in [-0.05, 0) is 6.42 Å². The summed E-state index contributed by atoms with van der Waals surface area (Å²) in [6.07, 6.45) is 0.453. The maximum Gasteiger partial charge on any atom is 0.327 e. The first kappa shape index (κ1) is 18.0. The zero-order valence-electron chi connectivity index (χ0n) is 11.1. The molecular formula is C10H18ClN5O4. The van der Waals surface area contributed by atoms with Crippen LogP contribution in [0.1, 0.15) is 13.3 Å². The van der Waals surface area contributed by atoms with Crippen molar-refractivity contribution in [2.45, 2.75) is 25.4 Å². The van der Waals surface area contributed by atoms with Gasteiger partial charge in [0.2, 0.25) is 0 Å². The van der Waals surface area contributed by atoms with Gasteiger partial charge >= 0.3 is 12.0 Å². The fraction of sp³-hybridized carbons (Fsp3) is 0.600. The summed E-state index contributed by atoms with van der Waals surface area (Å²) < 4.78 is 0. The number of urea groups is 1. The summed E-state index contributed by atoms with van der Waals surface area (Å²) in [5.41, 5.74) is 5.23. The predicted octanol–water partition coefficient (Wildman–Crippen LogP) is -0.983. The lowest BCUT2D eigenvalue weighted by Gasteiger charge is -2.26. The lowest BCUT2D eigenvalue weighted by Crippen LogP contribution is -2.52. The van der Waals surface area contributed by atoms with E-state index >= 15 is 0 Å². The number of nitrogens with zero attached hydrogens (tertiary/aromatic N) is 2. The number of aliphatic carboxylic acids is 1. The number of amides is 3. The molecule has 1 heterocycles. The van der Waals surface area contributed by atoms with E-state index in [1.165, 1.54) is 7.05 Å². The fourth-order valence-corrected chi connectivity index (χ4v) is 2.06. The standard InChI is InChI=1S/C10H17N5O4.ClH/c1-3-5(13-9(11)12)7-8(18)15(4-6(16)17)10(19)14(7)2;/h5,7H,3-4H2,1-2H3,(H,16,17)(H4,11,12,13);1H/t5-,7?;/m0./s1. The first-order valence-corrected chi connectivity index (χ1v) is 5.70. The van der Waals surface area contributed by atoms with Crippen molar-refractivity contribution in [3.63, 3.8) is 0 Å². The van der Waals surface area contributed by atoms with Crippen LogP contribution in [0.3, 0.4) is 0 Å². The minimum Gasteiger partial charge on any atom is -0.480 e. The Bertz CT molecular complexity index is 430. The SMILES string of the molecule is CC[C@H](NC(=N)N)C1C(=O)N(CC(=O)O)C(=O)N1C.Cl. The number of imide groups is 1. The lowest BCUT2D eigenvalue weighted by molar-refractivity contribution is -0.141. The van der Waals surface area contributed by atoms with Gasteiger partial charge < -0.3 is 21.1 Å². The summed E-state index contributed by atoms with van der Waals surface area (Å²) in [4.78, 5) is 36.4. The van der Waals surface area contributed by atoms with Crippen molar-refractivity contribution in [2.24, 2.45) is 5.73 Å². The van der Waals surface area contributed by atoms with Crippen LogP contribution in [-0.2, 0) is 9.59 Å². The Hall–Kier alpha value is -2.03. The number of halogens is 1. The van der Waals surface area contributed by atoms with Crippen molar-refractivity contribution < 1.29 is 19.5 Å². The summed E-state index contributed by atoms with van der Waals surface area (Å²) in [5.74, 6) is -2.17. The van der Waals surface area contributed by atoms with E-state index in [0.29, 0.717) is 11.3 Å². The van der Waals surface area contributed by atoms with Crippen molar-refractivity contribution in [3.05, 3.63) is 0 Å². The van der Waals surface area contributed by atoms with Gasteiger partial charge in [-0.2, -0.15) is 0 Å². The van der Waals surface area contributed by atoms with Crippen LogP contribution in [0.25, 0.3) is 0 Å². The lowest BCUT2D eigenvalue weighted by atomic mass is 10.0. The Balaban J connectivity index is 0.00000361. The molecule has 1 saturated heterocycles. The third-order valence-corrected chi connectivity index (χ3v) is 2.92. The Morgan fingerprint density at radius 1 is 1.55 bits per heavy atom. The second-order valence-corrected chi connectivity index (χ2v) is 4.23. The van der Waals surface area contributed by atoms with Crippen molar-refractivity contribution in [3.8, 4) is 0 Å². The molecule has 20 heavy (non-hydrogen) atoms. The number of likely N-dealkylation sites (N-methyl/N-ethyl adjacent to an activating group) is 1. The largest absolute Gasteiger partial charge is 0.480 e. The number of carboxylic acid groups (broad SMARTS) is 1. The molecule has 1 aliphatic heterocycles. The molecular weight excluding hydrogens is 290 g/mol. The molecule has 1 unspecified atom stereocenters. The number of hydrogen-bond donors (Lipinski definition) is 4. The fourth-order valence-electron chi connectivity index (χ4n) is 2.06. The van der Waals surface area contributed by atoms with Gasteiger partial charge in [0.15, 0.2) is 5.96 Å². The highest BCUT2D eigenvalue weighted by atomic mass is 35.5. The second-order valence-electron chi connectivity index (χ2n) is 4.23. The molecule has 0 aliphatic carbocycles. The highest BCUT2D eigenvalue weighted by Gasteiger charge is 2.47. The third kappa shape index (κ3) is 3.50. The van der Waals surface area contributed by atoms with Crippen LogP contribution in [0.2, 0.25) is 0 Å². The number of carbonyl (C=O) groups excluding carboxylic acids is 2. The first-order valence-electron chi connectivity index (χ1n) is 5.70. The molecule has 1 fully saturated rings. The van der Waals surface area contributed by atoms with Crippen LogP contribution in [0.5, 0.6) is 0 Å². The monoisotopic (exact) mass is 307 g/mol.